The molecule has 2 rings (SSSR count). The molecule has 0 amide bonds. The molecule has 1 aromatic heterocycles. The number of aliphatic carboxylic acids is 1. The summed E-state index contributed by atoms with van der Waals surface area (Å²) in [5.41, 5.74) is 1.89. The van der Waals surface area contributed by atoms with Crippen molar-refractivity contribution >= 4 is 17.9 Å². The van der Waals surface area contributed by atoms with Gasteiger partial charge in [-0.2, -0.15) is 0 Å². The summed E-state index contributed by atoms with van der Waals surface area (Å²) in [6.45, 7) is 4.24. The van der Waals surface area contributed by atoms with Gasteiger partial charge in [0.2, 0.25) is 0 Å². The van der Waals surface area contributed by atoms with Crippen molar-refractivity contribution in [3.8, 4) is 0 Å². The minimum Gasteiger partial charge on any atom is -0.478 e. The molecule has 1 aromatic rings. The first kappa shape index (κ1) is 13.6. The summed E-state index contributed by atoms with van der Waals surface area (Å²) < 4.78 is 0. The fraction of sp³-hybridized carbons (Fsp3) is 0.467. The van der Waals surface area contributed by atoms with Crippen molar-refractivity contribution in [2.45, 2.75) is 32.7 Å². The van der Waals surface area contributed by atoms with E-state index in [1.54, 1.807) is 12.3 Å². The van der Waals surface area contributed by atoms with E-state index < -0.39 is 5.97 Å². The van der Waals surface area contributed by atoms with Gasteiger partial charge in [0.15, 0.2) is 0 Å². The Balaban J connectivity index is 2.16. The third kappa shape index (κ3) is 3.34. The van der Waals surface area contributed by atoms with E-state index in [-0.39, 0.29) is 0 Å². The lowest BCUT2D eigenvalue weighted by Gasteiger charge is -2.27. The topological polar surface area (TPSA) is 53.4 Å². The van der Waals surface area contributed by atoms with Crippen LogP contribution in [0.2, 0.25) is 0 Å². The van der Waals surface area contributed by atoms with Crippen molar-refractivity contribution in [1.29, 1.82) is 0 Å². The Labute approximate surface area is 113 Å². The molecule has 102 valence electrons. The highest BCUT2D eigenvalue weighted by Gasteiger charge is 2.31. The second-order valence-electron chi connectivity index (χ2n) is 5.27. The van der Waals surface area contributed by atoms with Crippen LogP contribution in [0.25, 0.3) is 6.08 Å². The standard InChI is InChI=1S/C15H20N2O2/c1-10-8-12(4-7-14(18)19)9-16-15(10)17(3)11(2)13-5-6-13/h4,7-9,11,13H,5-6H2,1-3H3,(H,18,19)/b7-4+. The van der Waals surface area contributed by atoms with E-state index in [0.29, 0.717) is 6.04 Å². The molecule has 0 saturated heterocycles. The number of carbonyl (C=O) groups is 1. The average molecular weight is 260 g/mol. The summed E-state index contributed by atoms with van der Waals surface area (Å²) in [4.78, 5) is 17.2. The van der Waals surface area contributed by atoms with E-state index >= 15 is 0 Å². The summed E-state index contributed by atoms with van der Waals surface area (Å²) in [6.07, 6.45) is 7.04. The van der Waals surface area contributed by atoms with Crippen molar-refractivity contribution < 1.29 is 9.90 Å². The smallest absolute Gasteiger partial charge is 0.328 e. The number of aromatic nitrogens is 1. The first-order valence-electron chi connectivity index (χ1n) is 6.59. The van der Waals surface area contributed by atoms with Gasteiger partial charge in [-0.15, -0.1) is 0 Å². The Morgan fingerprint density at radius 1 is 1.58 bits per heavy atom. The predicted octanol–water partition coefficient (Wildman–Crippen LogP) is 2.72. The van der Waals surface area contributed by atoms with Gasteiger partial charge in [-0.3, -0.25) is 0 Å². The van der Waals surface area contributed by atoms with Crippen molar-refractivity contribution in [3.63, 3.8) is 0 Å². The molecule has 0 aliphatic heterocycles. The van der Waals surface area contributed by atoms with Gasteiger partial charge in [0.1, 0.15) is 5.82 Å². The van der Waals surface area contributed by atoms with Gasteiger partial charge in [-0.25, -0.2) is 9.78 Å². The number of rotatable bonds is 5. The first-order chi connectivity index (χ1) is 8.99. The third-order valence-corrected chi connectivity index (χ3v) is 3.74. The van der Waals surface area contributed by atoms with Crippen molar-refractivity contribution in [1.82, 2.24) is 4.98 Å². The molecular formula is C15H20N2O2. The largest absolute Gasteiger partial charge is 0.478 e. The van der Waals surface area contributed by atoms with Crippen molar-refractivity contribution in [2.24, 2.45) is 5.92 Å². The Morgan fingerprint density at radius 2 is 2.26 bits per heavy atom. The molecule has 1 heterocycles. The van der Waals surface area contributed by atoms with Crippen LogP contribution in [-0.2, 0) is 4.79 Å². The molecule has 1 aliphatic rings. The van der Waals surface area contributed by atoms with Gasteiger partial charge in [-0.1, -0.05) is 0 Å². The molecule has 1 N–H and O–H groups in total. The number of hydrogen-bond acceptors (Lipinski definition) is 3. The summed E-state index contributed by atoms with van der Waals surface area (Å²) >= 11 is 0. The molecule has 1 saturated carbocycles. The normalized spacial score (nSPS) is 16.6. The van der Waals surface area contributed by atoms with Crippen LogP contribution in [0.4, 0.5) is 5.82 Å². The molecule has 1 unspecified atom stereocenters. The van der Waals surface area contributed by atoms with Crippen molar-refractivity contribution in [2.75, 3.05) is 11.9 Å². The highest BCUT2D eigenvalue weighted by atomic mass is 16.4. The highest BCUT2D eigenvalue weighted by Crippen LogP contribution is 2.36. The van der Waals surface area contributed by atoms with Crippen LogP contribution in [0.3, 0.4) is 0 Å². The summed E-state index contributed by atoms with van der Waals surface area (Å²) in [5.74, 6) is 0.825. The Morgan fingerprint density at radius 3 is 2.79 bits per heavy atom. The van der Waals surface area contributed by atoms with Crippen molar-refractivity contribution in [3.05, 3.63) is 29.5 Å². The molecule has 4 heteroatoms. The number of carboxylic acid groups (broad SMARTS) is 1. The van der Waals surface area contributed by atoms with E-state index in [1.165, 1.54) is 12.8 Å². The monoisotopic (exact) mass is 260 g/mol. The van der Waals surface area contributed by atoms with Crippen LogP contribution < -0.4 is 4.90 Å². The predicted molar refractivity (Wildman–Crippen MR) is 76.2 cm³/mol. The molecule has 19 heavy (non-hydrogen) atoms. The summed E-state index contributed by atoms with van der Waals surface area (Å²) in [5, 5.41) is 8.61. The lowest BCUT2D eigenvalue weighted by Crippen LogP contribution is -2.31. The second-order valence-corrected chi connectivity index (χ2v) is 5.27. The first-order valence-corrected chi connectivity index (χ1v) is 6.59. The van der Waals surface area contributed by atoms with Gasteiger partial charge in [0, 0.05) is 25.4 Å². The van der Waals surface area contributed by atoms with E-state index in [2.05, 4.69) is 23.9 Å². The quantitative estimate of drug-likeness (QED) is 0.827. The number of anilines is 1. The van der Waals surface area contributed by atoms with Crippen LogP contribution in [0.5, 0.6) is 0 Å². The average Bonchev–Trinajstić information content (AvgIpc) is 3.19. The number of pyridine rings is 1. The molecule has 4 nitrogen and oxygen atoms in total. The van der Waals surface area contributed by atoms with E-state index in [0.717, 1.165) is 28.9 Å². The SMILES string of the molecule is Cc1cc(/C=C/C(=O)O)cnc1N(C)C(C)C1CC1. The maximum absolute atomic E-state index is 10.5. The second kappa shape index (κ2) is 5.43. The lowest BCUT2D eigenvalue weighted by atomic mass is 10.1. The Bertz CT molecular complexity index is 507. The number of aryl methyl sites for hydroxylation is 1. The lowest BCUT2D eigenvalue weighted by molar-refractivity contribution is -0.131. The number of nitrogens with zero attached hydrogens (tertiary/aromatic N) is 2. The minimum absolute atomic E-state index is 0.506. The number of hydrogen-bond donors (Lipinski definition) is 1. The zero-order valence-corrected chi connectivity index (χ0v) is 11.6. The molecule has 1 fully saturated rings. The maximum Gasteiger partial charge on any atom is 0.328 e. The molecule has 1 aliphatic carbocycles. The third-order valence-electron chi connectivity index (χ3n) is 3.74. The molecule has 0 aromatic carbocycles. The van der Waals surface area contributed by atoms with E-state index in [9.17, 15) is 4.79 Å². The molecular weight excluding hydrogens is 240 g/mol. The van der Waals surface area contributed by atoms with Gasteiger partial charge in [0.05, 0.1) is 0 Å². The molecule has 1 atom stereocenters. The zero-order valence-electron chi connectivity index (χ0n) is 11.6. The fourth-order valence-electron chi connectivity index (χ4n) is 2.30. The van der Waals surface area contributed by atoms with Gasteiger partial charge in [0.25, 0.3) is 0 Å². The highest BCUT2D eigenvalue weighted by molar-refractivity contribution is 5.85. The van der Waals surface area contributed by atoms with E-state index in [1.807, 2.05) is 13.0 Å². The minimum atomic E-state index is -0.943. The zero-order chi connectivity index (χ0) is 14.0. The van der Waals surface area contributed by atoms with Gasteiger partial charge in [-0.05, 0) is 55.9 Å². The maximum atomic E-state index is 10.5. The van der Waals surface area contributed by atoms with Crippen LogP contribution >= 0.6 is 0 Å². The van der Waals surface area contributed by atoms with Crippen LogP contribution in [0, 0.1) is 12.8 Å². The summed E-state index contributed by atoms with van der Waals surface area (Å²) in [7, 11) is 2.07. The molecule has 0 radical (unpaired) electrons. The summed E-state index contributed by atoms with van der Waals surface area (Å²) in [6, 6.07) is 2.48. The number of carboxylic acids is 1. The molecule has 0 spiro atoms. The van der Waals surface area contributed by atoms with Gasteiger partial charge < -0.3 is 10.0 Å². The fourth-order valence-corrected chi connectivity index (χ4v) is 2.30. The van der Waals surface area contributed by atoms with Gasteiger partial charge >= 0.3 is 5.97 Å². The Hall–Kier alpha value is -1.84. The molecule has 0 bridgehead atoms. The van der Waals surface area contributed by atoms with Crippen LogP contribution in [0.1, 0.15) is 30.9 Å². The van der Waals surface area contributed by atoms with E-state index in [4.69, 9.17) is 5.11 Å². The van der Waals surface area contributed by atoms with Crippen LogP contribution in [-0.4, -0.2) is 29.1 Å². The Kier molecular flexibility index (Phi) is 3.88. The van der Waals surface area contributed by atoms with Crippen LogP contribution in [0.15, 0.2) is 18.3 Å².